The lowest BCUT2D eigenvalue weighted by Gasteiger charge is -2.09. The topological polar surface area (TPSA) is 67.4 Å². The summed E-state index contributed by atoms with van der Waals surface area (Å²) in [6.45, 7) is 2.53. The van der Waals surface area contributed by atoms with Crippen LogP contribution in [-0.4, -0.2) is 23.6 Å². The zero-order chi connectivity index (χ0) is 18.1. The molecule has 1 aromatic carbocycles. The molecule has 25 heavy (non-hydrogen) atoms. The highest BCUT2D eigenvalue weighted by atomic mass is 32.1. The molecule has 1 aromatic heterocycles. The molecule has 0 unspecified atom stereocenters. The molecule has 1 amide bonds. The van der Waals surface area contributed by atoms with Gasteiger partial charge >= 0.3 is 5.97 Å². The van der Waals surface area contributed by atoms with E-state index in [1.165, 1.54) is 11.3 Å². The van der Waals surface area contributed by atoms with Gasteiger partial charge < -0.3 is 10.1 Å². The van der Waals surface area contributed by atoms with Crippen molar-refractivity contribution in [2.75, 3.05) is 11.9 Å². The van der Waals surface area contributed by atoms with Gasteiger partial charge in [-0.1, -0.05) is 25.8 Å². The van der Waals surface area contributed by atoms with Gasteiger partial charge in [-0.25, -0.2) is 4.79 Å². The average Bonchev–Trinajstić information content (AvgIpc) is 3.14. The van der Waals surface area contributed by atoms with Crippen molar-refractivity contribution in [2.45, 2.75) is 26.2 Å². The molecule has 0 bridgehead atoms. The van der Waals surface area contributed by atoms with E-state index in [4.69, 9.17) is 17.0 Å². The van der Waals surface area contributed by atoms with E-state index in [1.54, 1.807) is 36.4 Å². The number of hydrogen-bond donors (Lipinski definition) is 2. The second-order valence-electron chi connectivity index (χ2n) is 5.31. The van der Waals surface area contributed by atoms with E-state index in [0.29, 0.717) is 22.7 Å². The lowest BCUT2D eigenvalue weighted by atomic mass is 10.2. The number of ether oxygens (including phenoxy) is 1. The molecule has 1 heterocycles. The molecule has 0 saturated carbocycles. The number of nitrogens with one attached hydrogen (secondary N) is 2. The van der Waals surface area contributed by atoms with Crippen LogP contribution in [0.2, 0.25) is 0 Å². The lowest BCUT2D eigenvalue weighted by molar-refractivity contribution is 0.0498. The number of esters is 1. The Kier molecular flexibility index (Phi) is 7.56. The van der Waals surface area contributed by atoms with Gasteiger partial charge in [-0.2, -0.15) is 0 Å². The van der Waals surface area contributed by atoms with Gasteiger partial charge in [0.1, 0.15) is 0 Å². The molecule has 0 spiro atoms. The van der Waals surface area contributed by atoms with Crippen molar-refractivity contribution in [1.82, 2.24) is 5.32 Å². The molecule has 0 radical (unpaired) electrons. The van der Waals surface area contributed by atoms with E-state index in [2.05, 4.69) is 17.6 Å². The molecule has 0 atom stereocenters. The highest BCUT2D eigenvalue weighted by Crippen LogP contribution is 2.12. The van der Waals surface area contributed by atoms with Crippen LogP contribution >= 0.6 is 23.6 Å². The molecule has 0 saturated heterocycles. The Labute approximate surface area is 156 Å². The number of unbranched alkanes of at least 4 members (excludes halogenated alkanes) is 2. The second kappa shape index (κ2) is 9.90. The molecule has 2 N–H and O–H groups in total. The van der Waals surface area contributed by atoms with Gasteiger partial charge in [0, 0.05) is 5.69 Å². The summed E-state index contributed by atoms with van der Waals surface area (Å²) >= 11 is 6.47. The van der Waals surface area contributed by atoms with Crippen LogP contribution in [0.4, 0.5) is 5.69 Å². The number of benzene rings is 1. The van der Waals surface area contributed by atoms with Crippen LogP contribution in [0.25, 0.3) is 0 Å². The molecule has 132 valence electrons. The van der Waals surface area contributed by atoms with E-state index in [9.17, 15) is 9.59 Å². The highest BCUT2D eigenvalue weighted by molar-refractivity contribution is 7.80. The minimum atomic E-state index is -0.337. The Hall–Kier alpha value is -2.25. The number of rotatable bonds is 7. The molecule has 5 nitrogen and oxygen atoms in total. The third kappa shape index (κ3) is 6.28. The summed E-state index contributed by atoms with van der Waals surface area (Å²) in [7, 11) is 0. The summed E-state index contributed by atoms with van der Waals surface area (Å²) in [4.78, 5) is 24.4. The first-order valence-corrected chi connectivity index (χ1v) is 9.32. The van der Waals surface area contributed by atoms with Crippen molar-refractivity contribution < 1.29 is 14.3 Å². The van der Waals surface area contributed by atoms with Gasteiger partial charge in [0.15, 0.2) is 5.11 Å². The third-order valence-electron chi connectivity index (χ3n) is 3.33. The van der Waals surface area contributed by atoms with Crippen LogP contribution in [0.1, 0.15) is 46.2 Å². The van der Waals surface area contributed by atoms with Crippen LogP contribution in [0.3, 0.4) is 0 Å². The van der Waals surface area contributed by atoms with Gasteiger partial charge in [0.2, 0.25) is 0 Å². The van der Waals surface area contributed by atoms with Crippen LogP contribution < -0.4 is 10.6 Å². The predicted molar refractivity (Wildman–Crippen MR) is 104 cm³/mol. The van der Waals surface area contributed by atoms with Gasteiger partial charge in [-0.05, 0) is 54.4 Å². The fourth-order valence-corrected chi connectivity index (χ4v) is 2.85. The van der Waals surface area contributed by atoms with E-state index in [0.717, 1.165) is 19.3 Å². The molecule has 2 rings (SSSR count). The molecule has 0 fully saturated rings. The van der Waals surface area contributed by atoms with Crippen molar-refractivity contribution >= 4 is 46.2 Å². The number of hydrogen-bond acceptors (Lipinski definition) is 5. The maximum absolute atomic E-state index is 11.9. The highest BCUT2D eigenvalue weighted by Gasteiger charge is 2.10. The maximum atomic E-state index is 11.9. The van der Waals surface area contributed by atoms with E-state index < -0.39 is 0 Å². The average molecular weight is 377 g/mol. The van der Waals surface area contributed by atoms with Crippen LogP contribution in [0.5, 0.6) is 0 Å². The lowest BCUT2D eigenvalue weighted by Crippen LogP contribution is -2.33. The second-order valence-corrected chi connectivity index (χ2v) is 6.66. The van der Waals surface area contributed by atoms with Gasteiger partial charge in [-0.3, -0.25) is 10.1 Å². The van der Waals surface area contributed by atoms with Crippen molar-refractivity contribution in [3.8, 4) is 0 Å². The number of carbonyl (C=O) groups excluding carboxylic acids is 2. The van der Waals surface area contributed by atoms with Gasteiger partial charge in [0.05, 0.1) is 17.0 Å². The Morgan fingerprint density at radius 1 is 1.16 bits per heavy atom. The molecular weight excluding hydrogens is 356 g/mol. The summed E-state index contributed by atoms with van der Waals surface area (Å²) in [5, 5.41) is 7.55. The Morgan fingerprint density at radius 3 is 2.56 bits per heavy atom. The summed E-state index contributed by atoms with van der Waals surface area (Å²) in [5.41, 5.74) is 1.16. The minimum absolute atomic E-state index is 0.202. The first kappa shape index (κ1) is 19.1. The Balaban J connectivity index is 1.82. The predicted octanol–water partition coefficient (Wildman–Crippen LogP) is 4.22. The van der Waals surface area contributed by atoms with E-state index in [-0.39, 0.29) is 17.0 Å². The Morgan fingerprint density at radius 2 is 1.92 bits per heavy atom. The van der Waals surface area contributed by atoms with Crippen LogP contribution in [0, 0.1) is 0 Å². The summed E-state index contributed by atoms with van der Waals surface area (Å²) < 4.78 is 5.20. The zero-order valence-electron chi connectivity index (χ0n) is 13.9. The van der Waals surface area contributed by atoms with E-state index >= 15 is 0 Å². The zero-order valence-corrected chi connectivity index (χ0v) is 15.5. The van der Waals surface area contributed by atoms with Crippen molar-refractivity contribution in [1.29, 1.82) is 0 Å². The number of thiophene rings is 1. The standard InChI is InChI=1S/C18H20N2O3S2/c1-2-3-4-11-23-17(22)13-7-9-14(10-8-13)19-18(24)20-16(21)15-6-5-12-25-15/h5-10,12H,2-4,11H2,1H3,(H2,19,20,21,24). The molecule has 2 aromatic rings. The number of thiocarbonyl (C=S) groups is 1. The summed E-state index contributed by atoms with van der Waals surface area (Å²) in [5.74, 6) is -0.587. The fraction of sp³-hybridized carbons (Fsp3) is 0.278. The van der Waals surface area contributed by atoms with Gasteiger partial charge in [0.25, 0.3) is 5.91 Å². The van der Waals surface area contributed by atoms with Crippen LogP contribution in [0.15, 0.2) is 41.8 Å². The third-order valence-corrected chi connectivity index (χ3v) is 4.40. The van der Waals surface area contributed by atoms with Gasteiger partial charge in [-0.15, -0.1) is 11.3 Å². The molecular formula is C18H20N2O3S2. The normalized spacial score (nSPS) is 10.1. The number of amides is 1. The number of anilines is 1. The maximum Gasteiger partial charge on any atom is 0.338 e. The Bertz CT molecular complexity index is 712. The molecule has 0 aliphatic carbocycles. The first-order valence-electron chi connectivity index (χ1n) is 8.03. The fourth-order valence-electron chi connectivity index (χ4n) is 2.02. The van der Waals surface area contributed by atoms with E-state index in [1.807, 2.05) is 5.38 Å². The van der Waals surface area contributed by atoms with Crippen molar-refractivity contribution in [3.05, 3.63) is 52.2 Å². The smallest absolute Gasteiger partial charge is 0.338 e. The largest absolute Gasteiger partial charge is 0.462 e. The van der Waals surface area contributed by atoms with Crippen LogP contribution in [-0.2, 0) is 4.74 Å². The van der Waals surface area contributed by atoms with Crippen molar-refractivity contribution in [2.24, 2.45) is 0 Å². The first-order chi connectivity index (χ1) is 12.1. The monoisotopic (exact) mass is 376 g/mol. The minimum Gasteiger partial charge on any atom is -0.462 e. The van der Waals surface area contributed by atoms with Crippen molar-refractivity contribution in [3.63, 3.8) is 0 Å². The summed E-state index contributed by atoms with van der Waals surface area (Å²) in [6, 6.07) is 10.3. The SMILES string of the molecule is CCCCCOC(=O)c1ccc(NC(=S)NC(=O)c2cccs2)cc1. The molecule has 0 aliphatic heterocycles. The molecule has 0 aliphatic rings. The molecule has 7 heteroatoms. The number of carbonyl (C=O) groups is 2. The summed E-state index contributed by atoms with van der Waals surface area (Å²) in [6.07, 6.45) is 3.01. The quantitative estimate of drug-likeness (QED) is 0.430.